The van der Waals surface area contributed by atoms with Crippen molar-refractivity contribution < 1.29 is 9.47 Å². The van der Waals surface area contributed by atoms with Gasteiger partial charge in [-0.1, -0.05) is 33.1 Å². The Hall–Kier alpha value is -0.930. The standard InChI is InChI=1S/C23H35NO2.ClH/c1-16(2)12-14-25-18-10-11-21-20(15-18)23-19(9-6-13-26-23)22(24-21)17-7-4-3-5-8-17;/h10-11,15-17,19,22-24H,3-9,12-14H2,1-2H3;1H/t19-,22-,23-;/m0./s1. The van der Waals surface area contributed by atoms with Crippen LogP contribution in [0.5, 0.6) is 5.75 Å². The first-order valence-electron chi connectivity index (χ1n) is 10.9. The van der Waals surface area contributed by atoms with Crippen LogP contribution < -0.4 is 10.1 Å². The normalized spacial score (nSPS) is 27.9. The molecule has 1 saturated heterocycles. The monoisotopic (exact) mass is 393 g/mol. The molecule has 1 N–H and O–H groups in total. The summed E-state index contributed by atoms with van der Waals surface area (Å²) in [6.45, 7) is 6.18. The number of hydrogen-bond donors (Lipinski definition) is 1. The Kier molecular flexibility index (Phi) is 7.33. The molecule has 1 aromatic rings. The van der Waals surface area contributed by atoms with Gasteiger partial charge >= 0.3 is 0 Å². The molecule has 2 fully saturated rings. The lowest BCUT2D eigenvalue weighted by Gasteiger charge is -2.47. The van der Waals surface area contributed by atoms with Crippen LogP contribution >= 0.6 is 12.4 Å². The average molecular weight is 394 g/mol. The summed E-state index contributed by atoms with van der Waals surface area (Å²) in [5, 5.41) is 3.93. The van der Waals surface area contributed by atoms with E-state index < -0.39 is 0 Å². The highest BCUT2D eigenvalue weighted by atomic mass is 35.5. The molecule has 0 bridgehead atoms. The summed E-state index contributed by atoms with van der Waals surface area (Å²) in [5.41, 5.74) is 2.60. The first-order valence-corrected chi connectivity index (χ1v) is 10.9. The molecule has 1 saturated carbocycles. The van der Waals surface area contributed by atoms with Gasteiger partial charge in [-0.3, -0.25) is 0 Å². The molecule has 1 aliphatic carbocycles. The quantitative estimate of drug-likeness (QED) is 0.629. The average Bonchev–Trinajstić information content (AvgIpc) is 2.68. The Morgan fingerprint density at radius 3 is 2.70 bits per heavy atom. The topological polar surface area (TPSA) is 30.5 Å². The second-order valence-corrected chi connectivity index (χ2v) is 8.95. The maximum Gasteiger partial charge on any atom is 0.119 e. The largest absolute Gasteiger partial charge is 0.494 e. The molecule has 3 nitrogen and oxygen atoms in total. The van der Waals surface area contributed by atoms with E-state index in [0.717, 1.165) is 31.3 Å². The van der Waals surface area contributed by atoms with Crippen LogP contribution in [-0.4, -0.2) is 19.3 Å². The number of fused-ring (bicyclic) bond motifs is 3. The second-order valence-electron chi connectivity index (χ2n) is 8.95. The van der Waals surface area contributed by atoms with Crippen molar-refractivity contribution in [1.82, 2.24) is 0 Å². The third kappa shape index (κ3) is 4.74. The third-order valence-electron chi connectivity index (χ3n) is 6.60. The molecule has 1 aromatic carbocycles. The SMILES string of the molecule is CC(C)CCOc1ccc2c(c1)[C@H]1OCCC[C@H]1[C@H](C1CCCCC1)N2.Cl. The van der Waals surface area contributed by atoms with Crippen LogP contribution in [0.15, 0.2) is 18.2 Å². The Morgan fingerprint density at radius 2 is 1.93 bits per heavy atom. The molecule has 27 heavy (non-hydrogen) atoms. The molecule has 3 atom stereocenters. The first kappa shape index (κ1) is 20.8. The van der Waals surface area contributed by atoms with E-state index in [1.54, 1.807) is 0 Å². The highest BCUT2D eigenvalue weighted by molar-refractivity contribution is 5.85. The number of ether oxygens (including phenoxy) is 2. The van der Waals surface area contributed by atoms with Crippen LogP contribution in [0.2, 0.25) is 0 Å². The maximum atomic E-state index is 6.33. The number of halogens is 1. The van der Waals surface area contributed by atoms with Gasteiger partial charge < -0.3 is 14.8 Å². The Labute approximate surface area is 171 Å². The Bertz CT molecular complexity index is 600. The molecule has 4 heteroatoms. The Balaban J connectivity index is 0.00000210. The van der Waals surface area contributed by atoms with E-state index in [1.807, 2.05) is 0 Å². The van der Waals surface area contributed by atoms with E-state index in [-0.39, 0.29) is 18.5 Å². The molecule has 2 heterocycles. The lowest BCUT2D eigenvalue weighted by atomic mass is 9.71. The van der Waals surface area contributed by atoms with Gasteiger partial charge in [0.2, 0.25) is 0 Å². The summed E-state index contributed by atoms with van der Waals surface area (Å²) in [6, 6.07) is 7.18. The van der Waals surface area contributed by atoms with Gasteiger partial charge in [0.15, 0.2) is 0 Å². The summed E-state index contributed by atoms with van der Waals surface area (Å²) in [5.74, 6) is 3.10. The smallest absolute Gasteiger partial charge is 0.119 e. The van der Waals surface area contributed by atoms with Crippen LogP contribution in [0.4, 0.5) is 5.69 Å². The molecule has 3 aliphatic rings. The van der Waals surface area contributed by atoms with Gasteiger partial charge in [0.05, 0.1) is 12.7 Å². The van der Waals surface area contributed by atoms with Crippen molar-refractivity contribution >= 4 is 18.1 Å². The van der Waals surface area contributed by atoms with Crippen LogP contribution in [0, 0.1) is 17.8 Å². The number of benzene rings is 1. The van der Waals surface area contributed by atoms with E-state index in [9.17, 15) is 0 Å². The molecule has 0 amide bonds. The van der Waals surface area contributed by atoms with Crippen molar-refractivity contribution in [2.45, 2.75) is 77.4 Å². The van der Waals surface area contributed by atoms with E-state index in [2.05, 4.69) is 37.4 Å². The molecule has 0 radical (unpaired) electrons. The summed E-state index contributed by atoms with van der Waals surface area (Å²) in [4.78, 5) is 0. The van der Waals surface area contributed by atoms with Gasteiger partial charge in [-0.05, 0) is 62.1 Å². The fraction of sp³-hybridized carbons (Fsp3) is 0.739. The summed E-state index contributed by atoms with van der Waals surface area (Å²) >= 11 is 0. The molecular formula is C23H36ClNO2. The van der Waals surface area contributed by atoms with Gasteiger partial charge in [0, 0.05) is 29.8 Å². The molecule has 4 rings (SSSR count). The fourth-order valence-electron chi connectivity index (χ4n) is 5.15. The number of rotatable bonds is 5. The van der Waals surface area contributed by atoms with Crippen LogP contribution in [-0.2, 0) is 4.74 Å². The van der Waals surface area contributed by atoms with E-state index >= 15 is 0 Å². The predicted molar refractivity (Wildman–Crippen MR) is 114 cm³/mol. The second kappa shape index (κ2) is 9.52. The van der Waals surface area contributed by atoms with Crippen molar-refractivity contribution in [3.8, 4) is 5.75 Å². The minimum Gasteiger partial charge on any atom is -0.494 e. The van der Waals surface area contributed by atoms with Crippen LogP contribution in [0.1, 0.15) is 76.9 Å². The zero-order valence-electron chi connectivity index (χ0n) is 16.9. The highest BCUT2D eigenvalue weighted by Crippen LogP contribution is 2.48. The molecule has 0 aromatic heterocycles. The third-order valence-corrected chi connectivity index (χ3v) is 6.60. The van der Waals surface area contributed by atoms with Crippen molar-refractivity contribution in [3.63, 3.8) is 0 Å². The van der Waals surface area contributed by atoms with Gasteiger partial charge in [-0.2, -0.15) is 0 Å². The van der Waals surface area contributed by atoms with Gasteiger partial charge in [-0.25, -0.2) is 0 Å². The molecule has 2 aliphatic heterocycles. The van der Waals surface area contributed by atoms with E-state index in [1.165, 1.54) is 56.2 Å². The Morgan fingerprint density at radius 1 is 1.11 bits per heavy atom. The first-order chi connectivity index (χ1) is 12.7. The highest BCUT2D eigenvalue weighted by Gasteiger charge is 2.42. The molecule has 152 valence electrons. The minimum atomic E-state index is 0. The zero-order valence-corrected chi connectivity index (χ0v) is 17.7. The molecular weight excluding hydrogens is 358 g/mol. The lowest BCUT2D eigenvalue weighted by molar-refractivity contribution is -0.0459. The van der Waals surface area contributed by atoms with Crippen molar-refractivity contribution in [1.29, 1.82) is 0 Å². The molecule has 0 unspecified atom stereocenters. The predicted octanol–water partition coefficient (Wildman–Crippen LogP) is 6.38. The minimum absolute atomic E-state index is 0. The number of hydrogen-bond acceptors (Lipinski definition) is 3. The van der Waals surface area contributed by atoms with Crippen LogP contribution in [0.25, 0.3) is 0 Å². The van der Waals surface area contributed by atoms with Crippen molar-refractivity contribution in [2.75, 3.05) is 18.5 Å². The van der Waals surface area contributed by atoms with E-state index in [0.29, 0.717) is 17.9 Å². The summed E-state index contributed by atoms with van der Waals surface area (Å²) < 4.78 is 12.4. The van der Waals surface area contributed by atoms with Crippen molar-refractivity contribution in [3.05, 3.63) is 23.8 Å². The zero-order chi connectivity index (χ0) is 17.9. The van der Waals surface area contributed by atoms with Crippen molar-refractivity contribution in [2.24, 2.45) is 17.8 Å². The molecule has 0 spiro atoms. The van der Waals surface area contributed by atoms with Crippen LogP contribution in [0.3, 0.4) is 0 Å². The summed E-state index contributed by atoms with van der Waals surface area (Å²) in [6.07, 6.45) is 10.8. The maximum absolute atomic E-state index is 6.33. The van der Waals surface area contributed by atoms with Gasteiger partial charge in [0.25, 0.3) is 0 Å². The summed E-state index contributed by atoms with van der Waals surface area (Å²) in [7, 11) is 0. The van der Waals surface area contributed by atoms with Gasteiger partial charge in [-0.15, -0.1) is 12.4 Å². The van der Waals surface area contributed by atoms with Gasteiger partial charge in [0.1, 0.15) is 5.75 Å². The lowest BCUT2D eigenvalue weighted by Crippen LogP contribution is -2.46. The number of anilines is 1. The number of nitrogens with one attached hydrogen (secondary N) is 1. The van der Waals surface area contributed by atoms with E-state index in [4.69, 9.17) is 9.47 Å². The fourth-order valence-corrected chi connectivity index (χ4v) is 5.15.